The van der Waals surface area contributed by atoms with E-state index in [1.165, 1.54) is 48.5 Å². The van der Waals surface area contributed by atoms with Crippen LogP contribution in [0.3, 0.4) is 0 Å². The van der Waals surface area contributed by atoms with Crippen LogP contribution in [0, 0.1) is 11.3 Å². The second-order valence-electron chi connectivity index (χ2n) is 7.55. The summed E-state index contributed by atoms with van der Waals surface area (Å²) in [5.41, 5.74) is 9.11. The highest BCUT2D eigenvalue weighted by molar-refractivity contribution is 7.86. The number of allylic oxidation sites excluding steroid dienone is 2. The summed E-state index contributed by atoms with van der Waals surface area (Å²) in [5.74, 6) is 0.142. The minimum absolute atomic E-state index is 0.142. The largest absolute Gasteiger partial charge is 0.384 e. The van der Waals surface area contributed by atoms with Crippen LogP contribution in [0.1, 0.15) is 26.3 Å². The molecule has 0 heterocycles. The number of hydrogen-bond donors (Lipinski definition) is 5. The number of nitrogens with one attached hydrogen (secondary N) is 2. The number of benzene rings is 2. The molecule has 0 radical (unpaired) electrons. The number of rotatable bonds is 9. The average molecular weight is 507 g/mol. The molecule has 6 N–H and O–H groups in total. The molecule has 0 aliphatic heterocycles. The molecule has 0 aliphatic rings. The lowest BCUT2D eigenvalue weighted by molar-refractivity contribution is 0.481. The second-order valence-corrected chi connectivity index (χ2v) is 10.4. The van der Waals surface area contributed by atoms with E-state index in [0.29, 0.717) is 16.8 Å². The highest BCUT2D eigenvalue weighted by atomic mass is 32.2. The molecular weight excluding hydrogens is 480 g/mol. The van der Waals surface area contributed by atoms with Crippen LogP contribution in [0.15, 0.2) is 80.9 Å². The fourth-order valence-electron chi connectivity index (χ4n) is 3.01. The van der Waals surface area contributed by atoms with Crippen LogP contribution in [-0.2, 0) is 26.8 Å². The standard InChI is InChI=1S/C22H26N4O6S2/c1-14(16(3)26-18-6-10-20(11-7-18)34(30,31)32)15(2)21(12-23)22(24)25-13-17-4-8-19(9-5-17)33(27,28)29/h4-11,16,25-26H,13,24H2,1-3H3,(H,27,28,29)(H,30,31,32)/b15-14-,22-21+. The van der Waals surface area contributed by atoms with Gasteiger partial charge in [-0.25, -0.2) is 0 Å². The molecule has 2 aromatic rings. The molecule has 2 rings (SSSR count). The fourth-order valence-corrected chi connectivity index (χ4v) is 3.97. The van der Waals surface area contributed by atoms with Gasteiger partial charge >= 0.3 is 0 Å². The smallest absolute Gasteiger partial charge is 0.294 e. The van der Waals surface area contributed by atoms with E-state index in [2.05, 4.69) is 16.7 Å². The molecule has 182 valence electrons. The summed E-state index contributed by atoms with van der Waals surface area (Å²) in [6.07, 6.45) is 0. The van der Waals surface area contributed by atoms with Crippen molar-refractivity contribution in [1.29, 1.82) is 5.26 Å². The van der Waals surface area contributed by atoms with Crippen molar-refractivity contribution in [3.63, 3.8) is 0 Å². The van der Waals surface area contributed by atoms with Crippen LogP contribution < -0.4 is 16.4 Å². The third-order valence-corrected chi connectivity index (χ3v) is 6.97. The minimum atomic E-state index is -4.28. The Bertz CT molecular complexity index is 1360. The van der Waals surface area contributed by atoms with Crippen molar-refractivity contribution in [2.75, 3.05) is 5.32 Å². The monoisotopic (exact) mass is 506 g/mol. The molecule has 10 nitrogen and oxygen atoms in total. The van der Waals surface area contributed by atoms with Crippen LogP contribution in [0.2, 0.25) is 0 Å². The van der Waals surface area contributed by atoms with E-state index in [0.717, 1.165) is 5.57 Å². The lowest BCUT2D eigenvalue weighted by Gasteiger charge is -2.19. The first kappa shape index (κ1) is 26.9. The Morgan fingerprint density at radius 1 is 0.971 bits per heavy atom. The maximum absolute atomic E-state index is 11.2. The quantitative estimate of drug-likeness (QED) is 0.192. The molecule has 0 aromatic heterocycles. The summed E-state index contributed by atoms with van der Waals surface area (Å²) in [6.45, 7) is 5.68. The summed E-state index contributed by atoms with van der Waals surface area (Å²) in [7, 11) is -8.55. The van der Waals surface area contributed by atoms with Gasteiger partial charge in [-0.15, -0.1) is 0 Å². The molecule has 34 heavy (non-hydrogen) atoms. The SMILES string of the molecule is CC(/C(C#N)=C(\N)NCc1ccc(S(=O)(=O)O)cc1)=C(\C)C(C)Nc1ccc(S(=O)(=O)O)cc1. The summed E-state index contributed by atoms with van der Waals surface area (Å²) in [5, 5.41) is 15.8. The predicted octanol–water partition coefficient (Wildman–Crippen LogP) is 2.80. The van der Waals surface area contributed by atoms with Gasteiger partial charge in [0.05, 0.1) is 15.4 Å². The van der Waals surface area contributed by atoms with Crippen molar-refractivity contribution in [1.82, 2.24) is 5.32 Å². The van der Waals surface area contributed by atoms with E-state index in [1.807, 2.05) is 13.8 Å². The van der Waals surface area contributed by atoms with Gasteiger partial charge in [-0.2, -0.15) is 22.1 Å². The van der Waals surface area contributed by atoms with Crippen LogP contribution >= 0.6 is 0 Å². The number of nitrogens with zero attached hydrogens (tertiary/aromatic N) is 1. The molecule has 0 aliphatic carbocycles. The Hall–Kier alpha value is -3.37. The van der Waals surface area contributed by atoms with E-state index in [1.54, 1.807) is 6.92 Å². The second kappa shape index (κ2) is 10.7. The van der Waals surface area contributed by atoms with Gasteiger partial charge in [0.25, 0.3) is 20.2 Å². The molecule has 1 atom stereocenters. The summed E-state index contributed by atoms with van der Waals surface area (Å²) in [6, 6.07) is 13.0. The maximum Gasteiger partial charge on any atom is 0.294 e. The minimum Gasteiger partial charge on any atom is -0.384 e. The fraction of sp³-hybridized carbons (Fsp3) is 0.227. The summed E-state index contributed by atoms with van der Waals surface area (Å²) < 4.78 is 62.7. The molecule has 2 aromatic carbocycles. The zero-order valence-corrected chi connectivity index (χ0v) is 20.4. The zero-order chi connectivity index (χ0) is 25.7. The first-order valence-electron chi connectivity index (χ1n) is 9.96. The molecule has 0 saturated heterocycles. The van der Waals surface area contributed by atoms with Crippen molar-refractivity contribution >= 4 is 25.9 Å². The number of anilines is 1. The Morgan fingerprint density at radius 3 is 1.88 bits per heavy atom. The van der Waals surface area contributed by atoms with Gasteiger partial charge in [-0.3, -0.25) is 9.11 Å². The topological polar surface area (TPSA) is 183 Å². The van der Waals surface area contributed by atoms with Gasteiger partial charge in [0.2, 0.25) is 0 Å². The zero-order valence-electron chi connectivity index (χ0n) is 18.8. The highest BCUT2D eigenvalue weighted by Gasteiger charge is 2.15. The van der Waals surface area contributed by atoms with E-state index in [-0.39, 0.29) is 33.8 Å². The molecular formula is C22H26N4O6S2. The third-order valence-electron chi connectivity index (χ3n) is 5.24. The average Bonchev–Trinajstić information content (AvgIpc) is 2.77. The third kappa shape index (κ3) is 7.06. The van der Waals surface area contributed by atoms with E-state index >= 15 is 0 Å². The maximum atomic E-state index is 11.2. The van der Waals surface area contributed by atoms with Gasteiger partial charge in [0.1, 0.15) is 11.9 Å². The Labute approximate surface area is 199 Å². The molecule has 0 fully saturated rings. The van der Waals surface area contributed by atoms with Gasteiger partial charge in [0, 0.05) is 18.3 Å². The molecule has 0 amide bonds. The van der Waals surface area contributed by atoms with Crippen LogP contribution in [-0.4, -0.2) is 32.0 Å². The van der Waals surface area contributed by atoms with Gasteiger partial charge in [-0.1, -0.05) is 12.1 Å². The van der Waals surface area contributed by atoms with Crippen LogP contribution in [0.4, 0.5) is 5.69 Å². The number of nitriles is 1. The van der Waals surface area contributed by atoms with Crippen molar-refractivity contribution in [3.8, 4) is 6.07 Å². The van der Waals surface area contributed by atoms with E-state index < -0.39 is 20.2 Å². The molecule has 12 heteroatoms. The first-order valence-corrected chi connectivity index (χ1v) is 12.8. The van der Waals surface area contributed by atoms with E-state index in [9.17, 15) is 22.1 Å². The normalized spacial score (nSPS) is 14.4. The van der Waals surface area contributed by atoms with Crippen molar-refractivity contribution in [2.24, 2.45) is 5.73 Å². The van der Waals surface area contributed by atoms with E-state index in [4.69, 9.17) is 14.8 Å². The highest BCUT2D eigenvalue weighted by Crippen LogP contribution is 2.21. The van der Waals surface area contributed by atoms with Crippen molar-refractivity contribution in [3.05, 3.63) is 76.6 Å². The summed E-state index contributed by atoms with van der Waals surface area (Å²) in [4.78, 5) is -0.434. The van der Waals surface area contributed by atoms with Crippen LogP contribution in [0.5, 0.6) is 0 Å². The Balaban J connectivity index is 2.16. The molecule has 0 saturated carbocycles. The number of hydrogen-bond acceptors (Lipinski definition) is 8. The van der Waals surface area contributed by atoms with Gasteiger partial charge in [-0.05, 0) is 73.9 Å². The molecule has 0 bridgehead atoms. The lowest BCUT2D eigenvalue weighted by atomic mass is 9.98. The molecule has 0 spiro atoms. The number of nitrogens with two attached hydrogens (primary N) is 1. The van der Waals surface area contributed by atoms with Crippen LogP contribution in [0.25, 0.3) is 0 Å². The Kier molecular flexibility index (Phi) is 8.46. The lowest BCUT2D eigenvalue weighted by Crippen LogP contribution is -2.23. The van der Waals surface area contributed by atoms with Gasteiger partial charge < -0.3 is 16.4 Å². The van der Waals surface area contributed by atoms with Gasteiger partial charge in [0.15, 0.2) is 0 Å². The first-order chi connectivity index (χ1) is 15.7. The van der Waals surface area contributed by atoms with Crippen molar-refractivity contribution in [2.45, 2.75) is 43.1 Å². The summed E-state index contributed by atoms with van der Waals surface area (Å²) >= 11 is 0. The van der Waals surface area contributed by atoms with Crippen molar-refractivity contribution < 1.29 is 25.9 Å². The Morgan fingerprint density at radius 2 is 1.44 bits per heavy atom. The predicted molar refractivity (Wildman–Crippen MR) is 128 cm³/mol. The molecule has 1 unspecified atom stereocenters.